The number of carbonyl (C=O) groups excluding carboxylic acids is 2. The van der Waals surface area contributed by atoms with Crippen molar-refractivity contribution < 1.29 is 14.3 Å². The van der Waals surface area contributed by atoms with Crippen LogP contribution in [0.1, 0.15) is 18.4 Å². The van der Waals surface area contributed by atoms with E-state index in [0.29, 0.717) is 11.6 Å². The molecule has 22 heavy (non-hydrogen) atoms. The Balaban J connectivity index is 1.57. The molecule has 1 aromatic carbocycles. The largest absolute Gasteiger partial charge is 0.445 e. The summed E-state index contributed by atoms with van der Waals surface area (Å²) in [6.45, 7) is 1.87. The predicted octanol–water partition coefficient (Wildman–Crippen LogP) is 2.32. The number of hydrogen-bond acceptors (Lipinski definition) is 4. The lowest BCUT2D eigenvalue weighted by Crippen LogP contribution is -2.48. The fraction of sp³-hybridized carbons (Fsp3) is 0.500. The van der Waals surface area contributed by atoms with Crippen LogP contribution in [0.3, 0.4) is 0 Å². The standard InChI is InChI=1S/C16H20N2O3S/c19-15(17-8-4-5-9-17)14-11-22-12-18(14)16(20)21-10-13-6-2-1-3-7-13/h1-3,6-7,14H,4-5,8-12H2. The summed E-state index contributed by atoms with van der Waals surface area (Å²) in [6.07, 6.45) is 1.72. The van der Waals surface area contributed by atoms with Crippen LogP contribution >= 0.6 is 11.8 Å². The minimum absolute atomic E-state index is 0.0687. The summed E-state index contributed by atoms with van der Waals surface area (Å²) < 4.78 is 5.36. The van der Waals surface area contributed by atoms with E-state index in [2.05, 4.69) is 0 Å². The van der Waals surface area contributed by atoms with Crippen molar-refractivity contribution in [2.24, 2.45) is 0 Å². The fourth-order valence-corrected chi connectivity index (χ4v) is 3.91. The smallest absolute Gasteiger partial charge is 0.411 e. The number of nitrogens with zero attached hydrogens (tertiary/aromatic N) is 2. The number of amides is 2. The molecule has 2 amide bonds. The van der Waals surface area contributed by atoms with Crippen LogP contribution in [-0.4, -0.2) is 52.6 Å². The molecule has 0 N–H and O–H groups in total. The van der Waals surface area contributed by atoms with E-state index in [-0.39, 0.29) is 18.6 Å². The second kappa shape index (κ2) is 7.05. The number of hydrogen-bond donors (Lipinski definition) is 0. The number of rotatable bonds is 3. The molecule has 1 unspecified atom stereocenters. The maximum Gasteiger partial charge on any atom is 0.411 e. The van der Waals surface area contributed by atoms with E-state index >= 15 is 0 Å². The van der Waals surface area contributed by atoms with Gasteiger partial charge in [0.25, 0.3) is 0 Å². The Kier molecular flexibility index (Phi) is 4.87. The van der Waals surface area contributed by atoms with Gasteiger partial charge < -0.3 is 9.64 Å². The number of likely N-dealkylation sites (tertiary alicyclic amines) is 1. The van der Waals surface area contributed by atoms with E-state index in [1.807, 2.05) is 35.2 Å². The van der Waals surface area contributed by atoms with Gasteiger partial charge >= 0.3 is 6.09 Å². The Hall–Kier alpha value is -1.69. The highest BCUT2D eigenvalue weighted by Gasteiger charge is 2.38. The second-order valence-corrected chi connectivity index (χ2v) is 6.56. The first-order valence-corrected chi connectivity index (χ1v) is 8.75. The third-order valence-electron chi connectivity index (χ3n) is 4.02. The topological polar surface area (TPSA) is 49.9 Å². The van der Waals surface area contributed by atoms with Gasteiger partial charge in [0.05, 0.1) is 5.88 Å². The van der Waals surface area contributed by atoms with Crippen molar-refractivity contribution in [1.82, 2.24) is 9.80 Å². The van der Waals surface area contributed by atoms with E-state index in [1.54, 1.807) is 16.7 Å². The number of thioether (sulfide) groups is 1. The maximum atomic E-state index is 12.5. The van der Waals surface area contributed by atoms with Crippen molar-refractivity contribution in [3.05, 3.63) is 35.9 Å². The van der Waals surface area contributed by atoms with Crippen molar-refractivity contribution in [3.8, 4) is 0 Å². The molecule has 118 valence electrons. The maximum absolute atomic E-state index is 12.5. The molecule has 3 rings (SSSR count). The molecule has 1 atom stereocenters. The summed E-state index contributed by atoms with van der Waals surface area (Å²) in [6, 6.07) is 9.21. The fourth-order valence-electron chi connectivity index (χ4n) is 2.78. The van der Waals surface area contributed by atoms with Crippen molar-refractivity contribution in [3.63, 3.8) is 0 Å². The molecule has 2 aliphatic heterocycles. The summed E-state index contributed by atoms with van der Waals surface area (Å²) >= 11 is 1.60. The lowest BCUT2D eigenvalue weighted by atomic mass is 10.2. The molecule has 2 saturated heterocycles. The van der Waals surface area contributed by atoms with Crippen LogP contribution in [-0.2, 0) is 16.1 Å². The summed E-state index contributed by atoms with van der Waals surface area (Å²) in [5, 5.41) is 0. The summed E-state index contributed by atoms with van der Waals surface area (Å²) in [5.41, 5.74) is 0.949. The van der Waals surface area contributed by atoms with Crippen molar-refractivity contribution in [2.75, 3.05) is 24.7 Å². The summed E-state index contributed by atoms with van der Waals surface area (Å²) in [4.78, 5) is 28.2. The number of carbonyl (C=O) groups is 2. The first-order valence-electron chi connectivity index (χ1n) is 7.59. The van der Waals surface area contributed by atoms with Crippen LogP contribution in [0.5, 0.6) is 0 Å². The van der Waals surface area contributed by atoms with Crippen LogP contribution in [0.4, 0.5) is 4.79 Å². The minimum Gasteiger partial charge on any atom is -0.445 e. The zero-order valence-corrected chi connectivity index (χ0v) is 13.3. The van der Waals surface area contributed by atoms with Gasteiger partial charge in [0.2, 0.25) is 5.91 Å². The zero-order chi connectivity index (χ0) is 15.4. The van der Waals surface area contributed by atoms with Gasteiger partial charge in [-0.05, 0) is 18.4 Å². The van der Waals surface area contributed by atoms with Crippen LogP contribution in [0, 0.1) is 0 Å². The molecule has 1 aromatic rings. The zero-order valence-electron chi connectivity index (χ0n) is 12.4. The normalized spacial score (nSPS) is 21.2. The third-order valence-corrected chi connectivity index (χ3v) is 5.04. The van der Waals surface area contributed by atoms with Gasteiger partial charge in [0.1, 0.15) is 12.6 Å². The third kappa shape index (κ3) is 3.38. The molecule has 0 aliphatic carbocycles. The molecule has 2 aliphatic rings. The molecule has 6 heteroatoms. The first-order chi connectivity index (χ1) is 10.8. The quantitative estimate of drug-likeness (QED) is 0.857. The van der Waals surface area contributed by atoms with Crippen LogP contribution in [0.25, 0.3) is 0 Å². The lowest BCUT2D eigenvalue weighted by Gasteiger charge is -2.26. The highest BCUT2D eigenvalue weighted by molar-refractivity contribution is 7.99. The highest BCUT2D eigenvalue weighted by Crippen LogP contribution is 2.25. The Morgan fingerprint density at radius 2 is 1.91 bits per heavy atom. The van der Waals surface area contributed by atoms with E-state index in [9.17, 15) is 9.59 Å². The predicted molar refractivity (Wildman–Crippen MR) is 85.4 cm³/mol. The minimum atomic E-state index is -0.397. The van der Waals surface area contributed by atoms with E-state index in [4.69, 9.17) is 4.74 Å². The first kappa shape index (κ1) is 15.2. The molecule has 0 bridgehead atoms. The molecule has 0 aromatic heterocycles. The molecule has 2 heterocycles. The van der Waals surface area contributed by atoms with Gasteiger partial charge in [-0.25, -0.2) is 4.79 Å². The molecular weight excluding hydrogens is 300 g/mol. The van der Waals surface area contributed by atoms with Gasteiger partial charge in [0.15, 0.2) is 0 Å². The Morgan fingerprint density at radius 1 is 1.18 bits per heavy atom. The van der Waals surface area contributed by atoms with E-state index in [1.165, 1.54) is 0 Å². The van der Waals surface area contributed by atoms with Gasteiger partial charge in [0, 0.05) is 18.8 Å². The van der Waals surface area contributed by atoms with Crippen molar-refractivity contribution >= 4 is 23.8 Å². The van der Waals surface area contributed by atoms with E-state index in [0.717, 1.165) is 31.5 Å². The average Bonchev–Trinajstić information content (AvgIpc) is 3.24. The number of ether oxygens (including phenoxy) is 1. The molecule has 0 radical (unpaired) electrons. The summed E-state index contributed by atoms with van der Waals surface area (Å²) in [7, 11) is 0. The Morgan fingerprint density at radius 3 is 2.64 bits per heavy atom. The van der Waals surface area contributed by atoms with Gasteiger partial charge in [-0.15, -0.1) is 11.8 Å². The van der Waals surface area contributed by atoms with Gasteiger partial charge in [-0.1, -0.05) is 30.3 Å². The average molecular weight is 320 g/mol. The molecule has 2 fully saturated rings. The van der Waals surface area contributed by atoms with Gasteiger partial charge in [-0.2, -0.15) is 0 Å². The number of benzene rings is 1. The van der Waals surface area contributed by atoms with E-state index < -0.39 is 6.09 Å². The molecule has 0 spiro atoms. The van der Waals surface area contributed by atoms with Crippen LogP contribution < -0.4 is 0 Å². The molecule has 0 saturated carbocycles. The molecular formula is C16H20N2O3S. The van der Waals surface area contributed by atoms with Crippen LogP contribution in [0.15, 0.2) is 30.3 Å². The highest BCUT2D eigenvalue weighted by atomic mass is 32.2. The Bertz CT molecular complexity index is 531. The summed E-state index contributed by atoms with van der Waals surface area (Å²) in [5.74, 6) is 1.26. The monoisotopic (exact) mass is 320 g/mol. The lowest BCUT2D eigenvalue weighted by molar-refractivity contribution is -0.134. The van der Waals surface area contributed by atoms with Crippen LogP contribution in [0.2, 0.25) is 0 Å². The second-order valence-electron chi connectivity index (χ2n) is 5.56. The SMILES string of the molecule is O=C(C1CSCN1C(=O)OCc1ccccc1)N1CCCC1. The molecule has 5 nitrogen and oxygen atoms in total. The van der Waals surface area contributed by atoms with Gasteiger partial charge in [-0.3, -0.25) is 9.69 Å². The Labute approximate surface area is 134 Å². The van der Waals surface area contributed by atoms with Crippen molar-refractivity contribution in [2.45, 2.75) is 25.5 Å². The van der Waals surface area contributed by atoms with Crippen molar-refractivity contribution in [1.29, 1.82) is 0 Å².